The van der Waals surface area contributed by atoms with Crippen molar-refractivity contribution in [3.8, 4) is 0 Å². The topological polar surface area (TPSA) is 40.5 Å². The molecule has 6 heteroatoms. The van der Waals surface area contributed by atoms with Crippen LogP contribution in [0.25, 0.3) is 0 Å². The summed E-state index contributed by atoms with van der Waals surface area (Å²) in [6.45, 7) is -0.0144. The normalized spacial score (nSPS) is 34.3. The lowest BCUT2D eigenvalue weighted by Gasteiger charge is -2.43. The molecule has 2 aliphatic rings. The zero-order chi connectivity index (χ0) is 11.3. The highest BCUT2D eigenvalue weighted by Gasteiger charge is 2.64. The maximum absolute atomic E-state index is 12.6. The molecule has 15 heavy (non-hydrogen) atoms. The Labute approximate surface area is 84.9 Å². The number of hydrogen-bond acceptors (Lipinski definition) is 2. The van der Waals surface area contributed by atoms with Gasteiger partial charge in [0.1, 0.15) is 0 Å². The first-order chi connectivity index (χ1) is 6.83. The van der Waals surface area contributed by atoms with Crippen LogP contribution >= 0.6 is 0 Å². The fourth-order valence-electron chi connectivity index (χ4n) is 2.29. The summed E-state index contributed by atoms with van der Waals surface area (Å²) in [5, 5.41) is 9.53. The van der Waals surface area contributed by atoms with Crippen LogP contribution in [0.2, 0.25) is 0 Å². The average Bonchev–Trinajstić information content (AvgIpc) is 2.84. The summed E-state index contributed by atoms with van der Waals surface area (Å²) in [6, 6.07) is 0. The monoisotopic (exact) mass is 223 g/mol. The summed E-state index contributed by atoms with van der Waals surface area (Å²) >= 11 is 0. The van der Waals surface area contributed by atoms with Crippen molar-refractivity contribution in [3.63, 3.8) is 0 Å². The van der Waals surface area contributed by atoms with Gasteiger partial charge in [-0.25, -0.2) is 0 Å². The van der Waals surface area contributed by atoms with Gasteiger partial charge in [-0.1, -0.05) is 0 Å². The number of nitrogens with zero attached hydrogens (tertiary/aromatic N) is 1. The van der Waals surface area contributed by atoms with Crippen LogP contribution in [0.5, 0.6) is 0 Å². The number of aliphatic hydroxyl groups is 1. The van der Waals surface area contributed by atoms with Crippen LogP contribution < -0.4 is 0 Å². The van der Waals surface area contributed by atoms with Gasteiger partial charge in [0.2, 0.25) is 6.41 Å². The molecule has 1 saturated heterocycles. The second-order valence-corrected chi connectivity index (χ2v) is 4.48. The molecule has 1 saturated carbocycles. The van der Waals surface area contributed by atoms with E-state index in [1.54, 1.807) is 0 Å². The molecule has 1 aliphatic heterocycles. The highest BCUT2D eigenvalue weighted by Crippen LogP contribution is 2.54. The number of halogens is 3. The van der Waals surface area contributed by atoms with Crippen molar-refractivity contribution in [2.24, 2.45) is 0 Å². The van der Waals surface area contributed by atoms with Gasteiger partial charge in [-0.2, -0.15) is 13.2 Å². The van der Waals surface area contributed by atoms with Gasteiger partial charge in [0.05, 0.1) is 0 Å². The number of carbonyl (C=O) groups excluding carboxylic acids is 1. The van der Waals surface area contributed by atoms with Crippen LogP contribution in [0, 0.1) is 0 Å². The van der Waals surface area contributed by atoms with Crippen LogP contribution in [0.15, 0.2) is 0 Å². The zero-order valence-corrected chi connectivity index (χ0v) is 8.05. The van der Waals surface area contributed by atoms with Gasteiger partial charge < -0.3 is 10.0 Å². The predicted octanol–water partition coefficient (Wildman–Crippen LogP) is 1.06. The first-order valence-electron chi connectivity index (χ1n) is 4.84. The lowest BCUT2D eigenvalue weighted by atomic mass is 9.84. The molecule has 0 aromatic heterocycles. The Morgan fingerprint density at radius 1 is 1.27 bits per heavy atom. The SMILES string of the molecule is O=CN1CCC(O)(C(F)(F)F)CC12CC2. The third-order valence-corrected chi connectivity index (χ3v) is 3.48. The van der Waals surface area contributed by atoms with Gasteiger partial charge in [-0.15, -0.1) is 0 Å². The summed E-state index contributed by atoms with van der Waals surface area (Å²) in [4.78, 5) is 12.0. The Morgan fingerprint density at radius 2 is 1.87 bits per heavy atom. The van der Waals surface area contributed by atoms with E-state index in [-0.39, 0.29) is 13.0 Å². The zero-order valence-electron chi connectivity index (χ0n) is 8.05. The molecule has 1 aliphatic carbocycles. The fourth-order valence-corrected chi connectivity index (χ4v) is 2.29. The highest BCUT2D eigenvalue weighted by atomic mass is 19.4. The second-order valence-electron chi connectivity index (χ2n) is 4.48. The number of rotatable bonds is 1. The molecule has 1 heterocycles. The fraction of sp³-hybridized carbons (Fsp3) is 0.889. The van der Waals surface area contributed by atoms with Crippen molar-refractivity contribution in [1.82, 2.24) is 4.90 Å². The Bertz CT molecular complexity index is 288. The highest BCUT2D eigenvalue weighted by molar-refractivity contribution is 5.51. The Morgan fingerprint density at radius 3 is 2.27 bits per heavy atom. The molecular formula is C9H12F3NO2. The smallest absolute Gasteiger partial charge is 0.380 e. The van der Waals surface area contributed by atoms with Crippen LogP contribution in [0.1, 0.15) is 25.7 Å². The molecule has 0 aromatic rings. The summed E-state index contributed by atoms with van der Waals surface area (Å²) < 4.78 is 37.7. The minimum absolute atomic E-state index is 0.0144. The standard InChI is InChI=1S/C9H12F3NO2/c10-9(11,12)8(15)3-4-13(6-14)7(5-8)1-2-7/h6,15H,1-5H2. The molecule has 86 valence electrons. The van der Waals surface area contributed by atoms with E-state index in [1.807, 2.05) is 0 Å². The molecule has 1 atom stereocenters. The first-order valence-corrected chi connectivity index (χ1v) is 4.84. The Hall–Kier alpha value is -0.780. The van der Waals surface area contributed by atoms with Gasteiger partial charge >= 0.3 is 6.18 Å². The molecule has 3 nitrogen and oxygen atoms in total. The van der Waals surface area contributed by atoms with Crippen molar-refractivity contribution in [3.05, 3.63) is 0 Å². The quantitative estimate of drug-likeness (QED) is 0.675. The van der Waals surface area contributed by atoms with Gasteiger partial charge in [-0.3, -0.25) is 4.79 Å². The van der Waals surface area contributed by atoms with Crippen molar-refractivity contribution in [2.75, 3.05) is 6.54 Å². The van der Waals surface area contributed by atoms with Crippen LogP contribution in [-0.4, -0.2) is 40.3 Å². The summed E-state index contributed by atoms with van der Waals surface area (Å²) in [6.07, 6.45) is -3.69. The van der Waals surface area contributed by atoms with Crippen LogP contribution in [0.3, 0.4) is 0 Å². The number of piperidine rings is 1. The van der Waals surface area contributed by atoms with E-state index in [9.17, 15) is 23.1 Å². The van der Waals surface area contributed by atoms with Gasteiger partial charge in [-0.05, 0) is 12.8 Å². The molecule has 2 fully saturated rings. The van der Waals surface area contributed by atoms with E-state index in [2.05, 4.69) is 0 Å². The van der Waals surface area contributed by atoms with Crippen molar-refractivity contribution in [1.29, 1.82) is 0 Å². The molecular weight excluding hydrogens is 211 g/mol. The van der Waals surface area contributed by atoms with Crippen LogP contribution in [-0.2, 0) is 4.79 Å². The third kappa shape index (κ3) is 1.51. The molecule has 1 spiro atoms. The van der Waals surface area contributed by atoms with E-state index < -0.39 is 23.7 Å². The number of hydrogen-bond donors (Lipinski definition) is 1. The summed E-state index contributed by atoms with van der Waals surface area (Å²) in [5.41, 5.74) is -3.33. The summed E-state index contributed by atoms with van der Waals surface area (Å²) in [7, 11) is 0. The number of alkyl halides is 3. The molecule has 1 unspecified atom stereocenters. The van der Waals surface area contributed by atoms with Crippen molar-refractivity contribution >= 4 is 6.41 Å². The first kappa shape index (κ1) is 10.7. The maximum atomic E-state index is 12.6. The second kappa shape index (κ2) is 2.87. The average molecular weight is 223 g/mol. The summed E-state index contributed by atoms with van der Waals surface area (Å²) in [5.74, 6) is 0. The number of amides is 1. The maximum Gasteiger partial charge on any atom is 0.417 e. The Kier molecular flexibility index (Phi) is 2.05. The largest absolute Gasteiger partial charge is 0.417 e. The minimum atomic E-state index is -4.60. The molecule has 1 amide bonds. The third-order valence-electron chi connectivity index (χ3n) is 3.48. The van der Waals surface area contributed by atoms with Gasteiger partial charge in [0.15, 0.2) is 5.60 Å². The molecule has 0 bridgehead atoms. The molecule has 0 aromatic carbocycles. The van der Waals surface area contributed by atoms with Crippen molar-refractivity contribution < 1.29 is 23.1 Å². The number of carbonyl (C=O) groups is 1. The van der Waals surface area contributed by atoms with E-state index in [0.29, 0.717) is 19.3 Å². The predicted molar refractivity (Wildman–Crippen MR) is 45.0 cm³/mol. The lowest BCUT2D eigenvalue weighted by molar-refractivity contribution is -0.278. The van der Waals surface area contributed by atoms with Gasteiger partial charge in [0, 0.05) is 24.9 Å². The molecule has 2 rings (SSSR count). The minimum Gasteiger partial charge on any atom is -0.380 e. The molecule has 1 N–H and O–H groups in total. The lowest BCUT2D eigenvalue weighted by Crippen LogP contribution is -2.58. The number of likely N-dealkylation sites (tertiary alicyclic amines) is 1. The van der Waals surface area contributed by atoms with Crippen molar-refractivity contribution in [2.45, 2.75) is 43.0 Å². The van der Waals surface area contributed by atoms with E-state index in [1.165, 1.54) is 4.90 Å². The van der Waals surface area contributed by atoms with Crippen LogP contribution in [0.4, 0.5) is 13.2 Å². The van der Waals surface area contributed by atoms with Gasteiger partial charge in [0.25, 0.3) is 0 Å². The molecule has 0 radical (unpaired) electrons. The van der Waals surface area contributed by atoms with E-state index in [4.69, 9.17) is 0 Å². The van der Waals surface area contributed by atoms with E-state index in [0.717, 1.165) is 0 Å². The Balaban J connectivity index is 2.19. The van der Waals surface area contributed by atoms with E-state index >= 15 is 0 Å².